The second-order valence-electron chi connectivity index (χ2n) is 7.03. The largest absolute Gasteiger partial charge is 0.395 e. The Morgan fingerprint density at radius 2 is 1.96 bits per heavy atom. The summed E-state index contributed by atoms with van der Waals surface area (Å²) < 4.78 is 1.99. The SMILES string of the molecule is Cn1c(-c2ccc(C(=O)NCCO)cc2Cl)nnc1C1(c2ccccc2)CC1. The van der Waals surface area contributed by atoms with Gasteiger partial charge in [0.2, 0.25) is 0 Å². The van der Waals surface area contributed by atoms with E-state index in [1.807, 2.05) is 29.8 Å². The van der Waals surface area contributed by atoms with Gasteiger partial charge in [0.15, 0.2) is 5.82 Å². The number of carbonyl (C=O) groups excluding carboxylic acids is 1. The topological polar surface area (TPSA) is 80.0 Å². The van der Waals surface area contributed by atoms with E-state index in [-0.39, 0.29) is 24.5 Å². The Balaban J connectivity index is 1.66. The van der Waals surface area contributed by atoms with Crippen molar-refractivity contribution in [3.05, 3.63) is 70.5 Å². The summed E-state index contributed by atoms with van der Waals surface area (Å²) in [7, 11) is 1.95. The molecule has 7 heteroatoms. The van der Waals surface area contributed by atoms with E-state index in [2.05, 4.69) is 27.6 Å². The Morgan fingerprint density at radius 3 is 2.61 bits per heavy atom. The van der Waals surface area contributed by atoms with Crippen LogP contribution >= 0.6 is 11.6 Å². The minimum atomic E-state index is -0.276. The van der Waals surface area contributed by atoms with Gasteiger partial charge in [-0.2, -0.15) is 0 Å². The molecule has 0 unspecified atom stereocenters. The first-order chi connectivity index (χ1) is 13.6. The minimum Gasteiger partial charge on any atom is -0.395 e. The zero-order chi connectivity index (χ0) is 19.7. The maximum Gasteiger partial charge on any atom is 0.251 e. The number of nitrogens with zero attached hydrogens (tertiary/aromatic N) is 3. The number of aromatic nitrogens is 3. The fraction of sp³-hybridized carbons (Fsp3) is 0.286. The first-order valence-corrected chi connectivity index (χ1v) is 9.59. The van der Waals surface area contributed by atoms with Crippen LogP contribution in [0.2, 0.25) is 5.02 Å². The van der Waals surface area contributed by atoms with E-state index < -0.39 is 0 Å². The van der Waals surface area contributed by atoms with Gasteiger partial charge in [0.1, 0.15) is 5.82 Å². The van der Waals surface area contributed by atoms with Gasteiger partial charge in [0, 0.05) is 24.7 Å². The predicted octanol–water partition coefficient (Wildman–Crippen LogP) is 2.94. The van der Waals surface area contributed by atoms with E-state index in [4.69, 9.17) is 16.7 Å². The number of benzene rings is 2. The molecule has 1 aliphatic rings. The summed E-state index contributed by atoms with van der Waals surface area (Å²) in [6.45, 7) is 0.0921. The van der Waals surface area contributed by atoms with Gasteiger partial charge in [-0.1, -0.05) is 41.9 Å². The lowest BCUT2D eigenvalue weighted by Crippen LogP contribution is -2.26. The van der Waals surface area contributed by atoms with Gasteiger partial charge in [0.25, 0.3) is 5.91 Å². The summed E-state index contributed by atoms with van der Waals surface area (Å²) >= 11 is 6.46. The summed E-state index contributed by atoms with van der Waals surface area (Å²) in [6.07, 6.45) is 2.08. The second-order valence-corrected chi connectivity index (χ2v) is 7.44. The lowest BCUT2D eigenvalue weighted by molar-refractivity contribution is 0.0945. The molecule has 0 bridgehead atoms. The van der Waals surface area contributed by atoms with Gasteiger partial charge in [-0.05, 0) is 36.6 Å². The van der Waals surface area contributed by atoms with E-state index in [9.17, 15) is 4.79 Å². The van der Waals surface area contributed by atoms with Crippen molar-refractivity contribution in [2.75, 3.05) is 13.2 Å². The van der Waals surface area contributed by atoms with Crippen molar-refractivity contribution in [2.24, 2.45) is 7.05 Å². The molecule has 1 amide bonds. The van der Waals surface area contributed by atoms with E-state index in [0.717, 1.165) is 24.2 Å². The zero-order valence-corrected chi connectivity index (χ0v) is 16.3. The molecule has 1 saturated carbocycles. The van der Waals surface area contributed by atoms with Crippen molar-refractivity contribution in [1.82, 2.24) is 20.1 Å². The number of amides is 1. The molecule has 2 aromatic carbocycles. The molecule has 0 radical (unpaired) electrons. The third-order valence-electron chi connectivity index (χ3n) is 5.25. The number of hydrogen-bond acceptors (Lipinski definition) is 4. The summed E-state index contributed by atoms with van der Waals surface area (Å²) in [5, 5.41) is 20.8. The van der Waals surface area contributed by atoms with Crippen LogP contribution in [0, 0.1) is 0 Å². The highest BCUT2D eigenvalue weighted by Crippen LogP contribution is 2.53. The maximum atomic E-state index is 12.1. The van der Waals surface area contributed by atoms with Crippen LogP contribution in [-0.4, -0.2) is 38.9 Å². The lowest BCUT2D eigenvalue weighted by Gasteiger charge is -2.15. The van der Waals surface area contributed by atoms with Gasteiger partial charge in [-0.3, -0.25) is 4.79 Å². The molecule has 1 heterocycles. The molecule has 6 nitrogen and oxygen atoms in total. The van der Waals surface area contributed by atoms with Crippen LogP contribution in [0.1, 0.15) is 34.6 Å². The van der Waals surface area contributed by atoms with Gasteiger partial charge in [-0.25, -0.2) is 0 Å². The summed E-state index contributed by atoms with van der Waals surface area (Å²) in [6, 6.07) is 15.5. The molecule has 1 fully saturated rings. The van der Waals surface area contributed by atoms with Crippen molar-refractivity contribution in [3.63, 3.8) is 0 Å². The number of nitrogens with one attached hydrogen (secondary N) is 1. The van der Waals surface area contributed by atoms with E-state index >= 15 is 0 Å². The van der Waals surface area contributed by atoms with Crippen molar-refractivity contribution in [2.45, 2.75) is 18.3 Å². The average molecular weight is 397 g/mol. The van der Waals surface area contributed by atoms with E-state index in [0.29, 0.717) is 16.4 Å². The van der Waals surface area contributed by atoms with Gasteiger partial charge in [-0.15, -0.1) is 10.2 Å². The quantitative estimate of drug-likeness (QED) is 0.671. The van der Waals surface area contributed by atoms with Crippen LogP contribution in [0.15, 0.2) is 48.5 Å². The molecule has 1 aromatic heterocycles. The number of halogens is 1. The molecule has 0 atom stereocenters. The molecular weight excluding hydrogens is 376 g/mol. The molecule has 144 valence electrons. The van der Waals surface area contributed by atoms with E-state index in [1.54, 1.807) is 18.2 Å². The molecule has 2 N–H and O–H groups in total. The number of carbonyl (C=O) groups is 1. The summed E-state index contributed by atoms with van der Waals surface area (Å²) in [4.78, 5) is 12.1. The molecule has 0 saturated heterocycles. The van der Waals surface area contributed by atoms with Gasteiger partial charge >= 0.3 is 0 Å². The van der Waals surface area contributed by atoms with Crippen molar-refractivity contribution in [3.8, 4) is 11.4 Å². The zero-order valence-electron chi connectivity index (χ0n) is 15.5. The van der Waals surface area contributed by atoms with Crippen LogP contribution in [0.5, 0.6) is 0 Å². The number of aliphatic hydroxyl groups excluding tert-OH is 1. The molecular formula is C21H21ClN4O2. The Kier molecular flexibility index (Phi) is 4.91. The molecule has 28 heavy (non-hydrogen) atoms. The van der Waals surface area contributed by atoms with Crippen LogP contribution in [-0.2, 0) is 12.5 Å². The predicted molar refractivity (Wildman–Crippen MR) is 107 cm³/mol. The Hall–Kier alpha value is -2.70. The van der Waals surface area contributed by atoms with Crippen LogP contribution in [0.3, 0.4) is 0 Å². The molecule has 1 aliphatic carbocycles. The number of rotatable bonds is 6. The fourth-order valence-corrected chi connectivity index (χ4v) is 3.88. The second kappa shape index (κ2) is 7.37. The summed E-state index contributed by atoms with van der Waals surface area (Å²) in [5.41, 5.74) is 2.33. The highest BCUT2D eigenvalue weighted by Gasteiger charge is 2.49. The first kappa shape index (κ1) is 18.7. The fourth-order valence-electron chi connectivity index (χ4n) is 3.61. The highest BCUT2D eigenvalue weighted by atomic mass is 35.5. The van der Waals surface area contributed by atoms with Crippen molar-refractivity contribution >= 4 is 17.5 Å². The average Bonchev–Trinajstić information content (AvgIpc) is 3.44. The maximum absolute atomic E-state index is 12.1. The van der Waals surface area contributed by atoms with Gasteiger partial charge in [0.05, 0.1) is 17.0 Å². The third kappa shape index (κ3) is 3.19. The minimum absolute atomic E-state index is 0.0855. The van der Waals surface area contributed by atoms with Crippen LogP contribution in [0.25, 0.3) is 11.4 Å². The van der Waals surface area contributed by atoms with Crippen molar-refractivity contribution in [1.29, 1.82) is 0 Å². The number of hydrogen-bond donors (Lipinski definition) is 2. The third-order valence-corrected chi connectivity index (χ3v) is 5.56. The normalized spacial score (nSPS) is 14.7. The summed E-state index contributed by atoms with van der Waals surface area (Å²) in [5.74, 6) is 1.32. The first-order valence-electron chi connectivity index (χ1n) is 9.21. The van der Waals surface area contributed by atoms with Gasteiger partial charge < -0.3 is 15.0 Å². The standard InChI is InChI=1S/C21H21ClN4O2/c1-26-18(16-8-7-14(13-17(16)22)19(28)23-11-12-27)24-25-20(26)21(9-10-21)15-5-3-2-4-6-15/h2-8,13,27H,9-12H2,1H3,(H,23,28). The Labute approximate surface area is 168 Å². The molecule has 4 rings (SSSR count). The Morgan fingerprint density at radius 1 is 1.21 bits per heavy atom. The van der Waals surface area contributed by atoms with Crippen LogP contribution < -0.4 is 5.32 Å². The Bertz CT molecular complexity index is 1010. The highest BCUT2D eigenvalue weighted by molar-refractivity contribution is 6.33. The molecule has 0 spiro atoms. The molecule has 3 aromatic rings. The van der Waals surface area contributed by atoms with E-state index in [1.165, 1.54) is 5.56 Å². The smallest absolute Gasteiger partial charge is 0.251 e. The van der Waals surface area contributed by atoms with Crippen LogP contribution in [0.4, 0.5) is 0 Å². The molecule has 0 aliphatic heterocycles. The number of aliphatic hydroxyl groups is 1. The van der Waals surface area contributed by atoms with Crippen molar-refractivity contribution < 1.29 is 9.90 Å². The monoisotopic (exact) mass is 396 g/mol. The lowest BCUT2D eigenvalue weighted by atomic mass is 9.95.